The lowest BCUT2D eigenvalue weighted by atomic mass is 10.2. The quantitative estimate of drug-likeness (QED) is 0.687. The molecule has 1 amide bonds. The molecule has 28 heavy (non-hydrogen) atoms. The van der Waals surface area contributed by atoms with Crippen molar-refractivity contribution in [1.82, 2.24) is 4.90 Å². The summed E-state index contributed by atoms with van der Waals surface area (Å²) < 4.78 is 43.1. The Labute approximate surface area is 168 Å². The van der Waals surface area contributed by atoms with Gasteiger partial charge in [0.2, 0.25) is 0 Å². The number of likely N-dealkylation sites (N-methyl/N-ethyl adjacent to an activating group) is 1. The Bertz CT molecular complexity index is 1060. The molecule has 8 heteroatoms. The third-order valence-corrected chi connectivity index (χ3v) is 6.63. The van der Waals surface area contributed by atoms with Gasteiger partial charge in [0.05, 0.1) is 9.80 Å². The van der Waals surface area contributed by atoms with Gasteiger partial charge in [-0.15, -0.1) is 4.40 Å². The second-order valence-corrected chi connectivity index (χ2v) is 8.64. The van der Waals surface area contributed by atoms with E-state index in [1.54, 1.807) is 37.3 Å². The van der Waals surface area contributed by atoms with E-state index in [1.807, 2.05) is 6.92 Å². The number of hydrogen-bond acceptors (Lipinski definition) is 4. The molecule has 1 saturated heterocycles. The Kier molecular flexibility index (Phi) is 6.00. The van der Waals surface area contributed by atoms with Crippen molar-refractivity contribution in [2.45, 2.75) is 25.2 Å². The summed E-state index contributed by atoms with van der Waals surface area (Å²) in [5.41, 5.74) is 1.27. The summed E-state index contributed by atoms with van der Waals surface area (Å²) in [5.74, 6) is -0.855. The van der Waals surface area contributed by atoms with Crippen LogP contribution in [0.15, 0.2) is 62.7 Å². The number of hydrogen-bond donors (Lipinski definition) is 0. The summed E-state index contributed by atoms with van der Waals surface area (Å²) in [5, 5.41) is 0.0645. The average Bonchev–Trinajstić information content (AvgIpc) is 2.97. The number of amidine groups is 1. The third-order valence-electron chi connectivity index (χ3n) is 4.22. The predicted octanol–water partition coefficient (Wildman–Crippen LogP) is 4.07. The maximum Gasteiger partial charge on any atom is 0.284 e. The summed E-state index contributed by atoms with van der Waals surface area (Å²) in [6, 6.07) is 12.6. The molecule has 0 radical (unpaired) electrons. The fourth-order valence-corrected chi connectivity index (χ4v) is 4.88. The first-order valence-corrected chi connectivity index (χ1v) is 11.0. The highest BCUT2D eigenvalue weighted by Gasteiger charge is 2.34. The van der Waals surface area contributed by atoms with Gasteiger partial charge in [0.25, 0.3) is 15.9 Å². The summed E-state index contributed by atoms with van der Waals surface area (Å²) in [4.78, 5) is 14.2. The van der Waals surface area contributed by atoms with E-state index in [1.165, 1.54) is 29.2 Å². The molecule has 0 bridgehead atoms. The molecule has 3 rings (SSSR count). The number of carbonyl (C=O) groups excluding carboxylic acids is 1. The normalized spacial score (nSPS) is 17.7. The van der Waals surface area contributed by atoms with Crippen LogP contribution in [-0.4, -0.2) is 30.9 Å². The van der Waals surface area contributed by atoms with Crippen molar-refractivity contribution in [2.24, 2.45) is 4.40 Å². The van der Waals surface area contributed by atoms with Crippen LogP contribution in [0.25, 0.3) is 6.08 Å². The van der Waals surface area contributed by atoms with Gasteiger partial charge in [0.15, 0.2) is 5.17 Å². The SMILES string of the molecule is CCc1ccc(S(=O)(=O)N=C2SC(=Cc3ccccc3F)C(=O)N2CC)cc1. The number of halogens is 1. The van der Waals surface area contributed by atoms with E-state index in [0.717, 1.165) is 23.7 Å². The van der Waals surface area contributed by atoms with E-state index < -0.39 is 21.7 Å². The Morgan fingerprint density at radius 2 is 1.79 bits per heavy atom. The zero-order valence-corrected chi connectivity index (χ0v) is 17.1. The number of amides is 1. The minimum Gasteiger partial charge on any atom is -0.286 e. The Morgan fingerprint density at radius 1 is 1.11 bits per heavy atom. The molecule has 1 fully saturated rings. The molecule has 0 aliphatic carbocycles. The smallest absolute Gasteiger partial charge is 0.284 e. The van der Waals surface area contributed by atoms with Gasteiger partial charge in [-0.1, -0.05) is 37.3 Å². The van der Waals surface area contributed by atoms with Crippen molar-refractivity contribution < 1.29 is 17.6 Å². The Hall–Kier alpha value is -2.45. The van der Waals surface area contributed by atoms with Crippen molar-refractivity contribution in [3.63, 3.8) is 0 Å². The Morgan fingerprint density at radius 3 is 2.39 bits per heavy atom. The van der Waals surface area contributed by atoms with Gasteiger partial charge < -0.3 is 0 Å². The molecule has 0 aromatic heterocycles. The Balaban J connectivity index is 1.96. The highest BCUT2D eigenvalue weighted by atomic mass is 32.2. The summed E-state index contributed by atoms with van der Waals surface area (Å²) >= 11 is 0.926. The van der Waals surface area contributed by atoms with Gasteiger partial charge in [-0.05, 0) is 54.9 Å². The lowest BCUT2D eigenvalue weighted by Crippen LogP contribution is -2.29. The van der Waals surface area contributed by atoms with E-state index in [4.69, 9.17) is 0 Å². The fraction of sp³-hybridized carbons (Fsp3) is 0.200. The monoisotopic (exact) mass is 418 g/mol. The fourth-order valence-electron chi connectivity index (χ4n) is 2.64. The van der Waals surface area contributed by atoms with E-state index >= 15 is 0 Å². The average molecular weight is 419 g/mol. The van der Waals surface area contributed by atoms with Crippen LogP contribution >= 0.6 is 11.8 Å². The molecule has 2 aromatic carbocycles. The highest BCUT2D eigenvalue weighted by molar-refractivity contribution is 8.19. The number of sulfonamides is 1. The lowest BCUT2D eigenvalue weighted by molar-refractivity contribution is -0.122. The highest BCUT2D eigenvalue weighted by Crippen LogP contribution is 2.33. The van der Waals surface area contributed by atoms with Crippen molar-refractivity contribution >= 4 is 38.9 Å². The molecule has 0 N–H and O–H groups in total. The molecule has 5 nitrogen and oxygen atoms in total. The number of rotatable bonds is 5. The maximum absolute atomic E-state index is 13.9. The van der Waals surface area contributed by atoms with Crippen molar-refractivity contribution in [1.29, 1.82) is 0 Å². The topological polar surface area (TPSA) is 66.8 Å². The van der Waals surface area contributed by atoms with Crippen LogP contribution in [0.2, 0.25) is 0 Å². The first kappa shape index (κ1) is 20.3. The van der Waals surface area contributed by atoms with E-state index in [2.05, 4.69) is 4.40 Å². The van der Waals surface area contributed by atoms with Crippen molar-refractivity contribution in [3.05, 3.63) is 70.4 Å². The number of benzene rings is 2. The van der Waals surface area contributed by atoms with Gasteiger partial charge in [0.1, 0.15) is 5.82 Å². The molecular formula is C20H19FN2O3S2. The minimum absolute atomic E-state index is 0.0628. The standard InChI is InChI=1S/C20H19FN2O3S2/c1-3-14-9-11-16(12-10-14)28(25,26)22-20-23(4-2)19(24)18(27-20)13-15-7-5-6-8-17(15)21/h5-13H,3-4H2,1-2H3. The molecule has 2 aromatic rings. The van der Waals surface area contributed by atoms with Crippen LogP contribution in [0, 0.1) is 5.82 Å². The van der Waals surface area contributed by atoms with Crippen LogP contribution in [0.1, 0.15) is 25.0 Å². The van der Waals surface area contributed by atoms with Gasteiger partial charge in [-0.2, -0.15) is 8.42 Å². The van der Waals surface area contributed by atoms with E-state index in [0.29, 0.717) is 0 Å². The largest absolute Gasteiger partial charge is 0.286 e. The zero-order chi connectivity index (χ0) is 20.3. The van der Waals surface area contributed by atoms with Crippen LogP contribution in [-0.2, 0) is 21.2 Å². The van der Waals surface area contributed by atoms with Gasteiger partial charge in [0, 0.05) is 12.1 Å². The zero-order valence-electron chi connectivity index (χ0n) is 15.4. The maximum atomic E-state index is 13.9. The number of aryl methyl sites for hydroxylation is 1. The van der Waals surface area contributed by atoms with Crippen molar-refractivity contribution in [3.8, 4) is 0 Å². The third kappa shape index (κ3) is 4.18. The molecule has 146 valence electrons. The molecule has 1 aliphatic heterocycles. The molecule has 0 spiro atoms. The van der Waals surface area contributed by atoms with Gasteiger partial charge >= 0.3 is 0 Å². The molecule has 0 unspecified atom stereocenters. The van der Waals surface area contributed by atoms with Crippen molar-refractivity contribution in [2.75, 3.05) is 6.54 Å². The molecule has 1 aliphatic rings. The number of nitrogens with zero attached hydrogens (tertiary/aromatic N) is 2. The summed E-state index contributed by atoms with van der Waals surface area (Å²) in [6.07, 6.45) is 2.21. The van der Waals surface area contributed by atoms with Crippen LogP contribution in [0.3, 0.4) is 0 Å². The number of carbonyl (C=O) groups is 1. The second kappa shape index (κ2) is 8.28. The molecule has 0 atom stereocenters. The molecular weight excluding hydrogens is 399 g/mol. The van der Waals surface area contributed by atoms with Gasteiger partial charge in [-0.25, -0.2) is 4.39 Å². The summed E-state index contributed by atoms with van der Waals surface area (Å²) in [7, 11) is -3.97. The van der Waals surface area contributed by atoms with Gasteiger partial charge in [-0.3, -0.25) is 9.69 Å². The van der Waals surface area contributed by atoms with Crippen LogP contribution in [0.4, 0.5) is 4.39 Å². The van der Waals surface area contributed by atoms with E-state index in [-0.39, 0.29) is 27.1 Å². The lowest BCUT2D eigenvalue weighted by Gasteiger charge is -2.12. The van der Waals surface area contributed by atoms with Crippen LogP contribution < -0.4 is 0 Å². The van der Waals surface area contributed by atoms with Crippen LogP contribution in [0.5, 0.6) is 0 Å². The van der Waals surface area contributed by atoms with E-state index in [9.17, 15) is 17.6 Å². The summed E-state index contributed by atoms with van der Waals surface area (Å²) in [6.45, 7) is 3.96. The molecule has 0 saturated carbocycles. The first-order valence-electron chi connectivity index (χ1n) is 8.75. The predicted molar refractivity (Wildman–Crippen MR) is 110 cm³/mol. The minimum atomic E-state index is -3.97. The first-order chi connectivity index (χ1) is 13.4. The molecule has 1 heterocycles. The number of thioether (sulfide) groups is 1. The second-order valence-electron chi connectivity index (χ2n) is 6.03.